The van der Waals surface area contributed by atoms with Crippen LogP contribution in [0.5, 0.6) is 0 Å². The normalized spacial score (nSPS) is 11.7. The first-order valence-electron chi connectivity index (χ1n) is 8.29. The first-order valence-corrected chi connectivity index (χ1v) is 9.83. The molecule has 3 aromatic carbocycles. The van der Waals surface area contributed by atoms with E-state index in [1.807, 2.05) is 5.32 Å². The molecule has 3 rings (SSSR count). The van der Waals surface area contributed by atoms with Gasteiger partial charge in [0.05, 0.1) is 4.90 Å². The number of quaternary nitrogens is 1. The molecule has 4 N–H and O–H groups in total. The number of rotatable bonds is 6. The van der Waals surface area contributed by atoms with Crippen LogP contribution in [0.2, 0.25) is 0 Å². The second kappa shape index (κ2) is 7.96. The summed E-state index contributed by atoms with van der Waals surface area (Å²) in [5.41, 5.74) is 2.66. The van der Waals surface area contributed by atoms with Crippen LogP contribution in [-0.4, -0.2) is 8.42 Å². The van der Waals surface area contributed by atoms with Gasteiger partial charge < -0.3 is 5.32 Å². The highest BCUT2D eigenvalue weighted by atomic mass is 32.2. The van der Waals surface area contributed by atoms with Crippen LogP contribution in [0, 0.1) is 11.6 Å². The summed E-state index contributed by atoms with van der Waals surface area (Å²) in [6, 6.07) is 18.5. The van der Waals surface area contributed by atoms with Crippen molar-refractivity contribution in [3.8, 4) is 0 Å². The van der Waals surface area contributed by atoms with Crippen molar-refractivity contribution >= 4 is 10.0 Å². The van der Waals surface area contributed by atoms with Crippen LogP contribution < -0.4 is 10.5 Å². The number of benzene rings is 3. The number of sulfonamides is 1. The zero-order valence-corrected chi connectivity index (χ0v) is 15.2. The summed E-state index contributed by atoms with van der Waals surface area (Å²) in [7, 11) is -3.73. The molecule has 0 saturated heterocycles. The molecule has 140 valence electrons. The monoisotopic (exact) mass is 389 g/mol. The molecule has 7 heteroatoms. The number of nitrogens with two attached hydrogens (primary N) is 2. The molecule has 0 heterocycles. The topological polar surface area (TPSA) is 76.8 Å². The van der Waals surface area contributed by atoms with Crippen LogP contribution in [0.3, 0.4) is 0 Å². The number of halogens is 2. The molecule has 0 amide bonds. The molecule has 27 heavy (non-hydrogen) atoms. The Morgan fingerprint density at radius 3 is 1.63 bits per heavy atom. The molecule has 0 unspecified atom stereocenters. The molecular weight excluding hydrogens is 370 g/mol. The Morgan fingerprint density at radius 1 is 0.778 bits per heavy atom. The standard InChI is InChI=1S/C20H18F2N2O2S/c21-17-7-3-15(4-8-17)20(16-5-9-18(22)10-6-16)24-13-14-1-11-19(12-2-14)27(23,25)26/h1-12,20,24H,13H2,(H2,23,25,26)/p+1. The predicted molar refractivity (Wildman–Crippen MR) is 98.1 cm³/mol. The fourth-order valence-electron chi connectivity index (χ4n) is 2.87. The molecule has 3 aromatic rings. The van der Waals surface area contributed by atoms with Crippen LogP contribution in [0.1, 0.15) is 22.7 Å². The van der Waals surface area contributed by atoms with Gasteiger partial charge in [-0.3, -0.25) is 0 Å². The van der Waals surface area contributed by atoms with Gasteiger partial charge in [0.2, 0.25) is 10.0 Å². The summed E-state index contributed by atoms with van der Waals surface area (Å²) < 4.78 is 49.2. The van der Waals surface area contributed by atoms with Gasteiger partial charge in [-0.25, -0.2) is 22.3 Å². The molecule has 0 saturated carbocycles. The zero-order chi connectivity index (χ0) is 19.4. The third-order valence-electron chi connectivity index (χ3n) is 4.30. The molecule has 4 nitrogen and oxygen atoms in total. The lowest BCUT2D eigenvalue weighted by Crippen LogP contribution is -2.83. The van der Waals surface area contributed by atoms with E-state index in [9.17, 15) is 17.2 Å². The molecule has 0 spiro atoms. The molecule has 0 atom stereocenters. The molecule has 0 bridgehead atoms. The van der Waals surface area contributed by atoms with E-state index in [1.165, 1.54) is 36.4 Å². The maximum Gasteiger partial charge on any atom is 0.238 e. The van der Waals surface area contributed by atoms with Crippen LogP contribution >= 0.6 is 0 Å². The molecule has 0 aromatic heterocycles. The second-order valence-electron chi connectivity index (χ2n) is 6.21. The van der Waals surface area contributed by atoms with Gasteiger partial charge in [0, 0.05) is 16.7 Å². The highest BCUT2D eigenvalue weighted by Crippen LogP contribution is 2.19. The second-order valence-corrected chi connectivity index (χ2v) is 7.77. The summed E-state index contributed by atoms with van der Waals surface area (Å²) in [5.74, 6) is -0.648. The Bertz CT molecular complexity index is 958. The smallest absolute Gasteiger partial charge is 0.238 e. The number of primary sulfonamides is 1. The van der Waals surface area contributed by atoms with Crippen molar-refractivity contribution in [2.75, 3.05) is 0 Å². The van der Waals surface area contributed by atoms with Gasteiger partial charge in [0.15, 0.2) is 0 Å². The Morgan fingerprint density at radius 2 is 1.22 bits per heavy atom. The molecule has 0 aliphatic carbocycles. The average molecular weight is 389 g/mol. The Kier molecular flexibility index (Phi) is 5.65. The summed E-state index contributed by atoms with van der Waals surface area (Å²) in [6.07, 6.45) is 0. The first kappa shape index (κ1) is 19.2. The van der Waals surface area contributed by atoms with Crippen molar-refractivity contribution < 1.29 is 22.5 Å². The van der Waals surface area contributed by atoms with Crippen LogP contribution in [0.4, 0.5) is 8.78 Å². The van der Waals surface area contributed by atoms with Crippen molar-refractivity contribution in [3.05, 3.63) is 101 Å². The summed E-state index contributed by atoms with van der Waals surface area (Å²) in [6.45, 7) is 0.546. The van der Waals surface area contributed by atoms with Gasteiger partial charge in [0.25, 0.3) is 0 Å². The quantitative estimate of drug-likeness (QED) is 0.679. The molecular formula is C20H19F2N2O2S+. The SMILES string of the molecule is NS(=O)(=O)c1ccc(C[NH2+]C(c2ccc(F)cc2)c2ccc(F)cc2)cc1. The summed E-state index contributed by atoms with van der Waals surface area (Å²) in [5, 5.41) is 7.13. The van der Waals surface area contributed by atoms with E-state index < -0.39 is 10.0 Å². The Balaban J connectivity index is 1.83. The van der Waals surface area contributed by atoms with Gasteiger partial charge in [0.1, 0.15) is 24.2 Å². The lowest BCUT2D eigenvalue weighted by atomic mass is 9.98. The van der Waals surface area contributed by atoms with E-state index in [2.05, 4.69) is 0 Å². The van der Waals surface area contributed by atoms with Crippen molar-refractivity contribution in [2.45, 2.75) is 17.5 Å². The number of hydrogen-bond acceptors (Lipinski definition) is 2. The van der Waals surface area contributed by atoms with Crippen molar-refractivity contribution in [2.24, 2.45) is 5.14 Å². The number of hydrogen-bond donors (Lipinski definition) is 2. The largest absolute Gasteiger partial charge is 0.333 e. The van der Waals surface area contributed by atoms with Gasteiger partial charge in [-0.05, 0) is 60.7 Å². The van der Waals surface area contributed by atoms with E-state index in [0.29, 0.717) is 6.54 Å². The van der Waals surface area contributed by atoms with Gasteiger partial charge >= 0.3 is 0 Å². The van der Waals surface area contributed by atoms with E-state index in [-0.39, 0.29) is 22.6 Å². The zero-order valence-electron chi connectivity index (χ0n) is 14.3. The van der Waals surface area contributed by atoms with E-state index in [1.54, 1.807) is 36.4 Å². The van der Waals surface area contributed by atoms with Crippen molar-refractivity contribution in [1.29, 1.82) is 0 Å². The highest BCUT2D eigenvalue weighted by molar-refractivity contribution is 7.89. The maximum absolute atomic E-state index is 13.3. The predicted octanol–water partition coefficient (Wildman–Crippen LogP) is 2.47. The van der Waals surface area contributed by atoms with Crippen LogP contribution in [0.15, 0.2) is 77.7 Å². The minimum Gasteiger partial charge on any atom is -0.333 e. The average Bonchev–Trinajstić information content (AvgIpc) is 2.64. The lowest BCUT2D eigenvalue weighted by Gasteiger charge is -2.17. The third kappa shape index (κ3) is 4.97. The molecule has 0 radical (unpaired) electrons. The molecule has 0 aliphatic rings. The van der Waals surface area contributed by atoms with Gasteiger partial charge in [-0.2, -0.15) is 0 Å². The van der Waals surface area contributed by atoms with Gasteiger partial charge in [-0.15, -0.1) is 0 Å². The van der Waals surface area contributed by atoms with Crippen molar-refractivity contribution in [3.63, 3.8) is 0 Å². The minimum absolute atomic E-state index is 0.0554. The fourth-order valence-corrected chi connectivity index (χ4v) is 3.39. The summed E-state index contributed by atoms with van der Waals surface area (Å²) >= 11 is 0. The molecule has 0 fully saturated rings. The minimum atomic E-state index is -3.73. The molecule has 0 aliphatic heterocycles. The fraction of sp³-hybridized carbons (Fsp3) is 0.100. The van der Waals surface area contributed by atoms with Crippen LogP contribution in [-0.2, 0) is 16.6 Å². The third-order valence-corrected chi connectivity index (χ3v) is 5.23. The first-order chi connectivity index (χ1) is 12.8. The van der Waals surface area contributed by atoms with E-state index in [4.69, 9.17) is 5.14 Å². The van der Waals surface area contributed by atoms with E-state index >= 15 is 0 Å². The lowest BCUT2D eigenvalue weighted by molar-refractivity contribution is -0.702. The highest BCUT2D eigenvalue weighted by Gasteiger charge is 2.18. The Hall–Kier alpha value is -2.61. The Labute approximate surface area is 156 Å². The van der Waals surface area contributed by atoms with Crippen molar-refractivity contribution in [1.82, 2.24) is 0 Å². The van der Waals surface area contributed by atoms with Crippen LogP contribution in [0.25, 0.3) is 0 Å². The summed E-state index contributed by atoms with van der Waals surface area (Å²) in [4.78, 5) is 0.0554. The maximum atomic E-state index is 13.3. The van der Waals surface area contributed by atoms with Gasteiger partial charge in [-0.1, -0.05) is 12.1 Å². The van der Waals surface area contributed by atoms with E-state index in [0.717, 1.165) is 16.7 Å².